The molecule has 0 spiro atoms. The van der Waals surface area contributed by atoms with Crippen LogP contribution in [0.15, 0.2) is 22.7 Å². The summed E-state index contributed by atoms with van der Waals surface area (Å²) in [4.78, 5) is 4.85. The zero-order valence-corrected chi connectivity index (χ0v) is 11.2. The Balaban J connectivity index is 2.09. The molecular weight excluding hydrogens is 266 g/mol. The zero-order chi connectivity index (χ0) is 11.4. The highest BCUT2D eigenvalue weighted by Crippen LogP contribution is 2.37. The van der Waals surface area contributed by atoms with Gasteiger partial charge in [-0.1, -0.05) is 40.9 Å². The van der Waals surface area contributed by atoms with Crippen LogP contribution in [0.3, 0.4) is 0 Å². The van der Waals surface area contributed by atoms with Crippen LogP contribution in [-0.4, -0.2) is 7.11 Å². The number of halogens is 1. The van der Waals surface area contributed by atoms with Gasteiger partial charge in [0.15, 0.2) is 0 Å². The minimum atomic E-state index is 0.750. The average Bonchev–Trinajstić information content (AvgIpc) is 2.80. The lowest BCUT2D eigenvalue weighted by atomic mass is 9.97. The summed E-state index contributed by atoms with van der Waals surface area (Å²) in [6.45, 7) is 0.750. The monoisotopic (exact) mass is 283 g/mol. The maximum absolute atomic E-state index is 4.85. The van der Waals surface area contributed by atoms with Gasteiger partial charge in [-0.15, -0.1) is 0 Å². The first-order valence-corrected chi connectivity index (χ1v) is 6.64. The minimum Gasteiger partial charge on any atom is -0.305 e. The van der Waals surface area contributed by atoms with Crippen molar-refractivity contribution in [3.63, 3.8) is 0 Å². The molecule has 0 bridgehead atoms. The number of rotatable bonds is 4. The van der Waals surface area contributed by atoms with E-state index >= 15 is 0 Å². The fourth-order valence-corrected chi connectivity index (χ4v) is 3.15. The lowest BCUT2D eigenvalue weighted by Gasteiger charge is -2.13. The predicted molar refractivity (Wildman–Crippen MR) is 69.2 cm³/mol. The van der Waals surface area contributed by atoms with Crippen molar-refractivity contribution in [3.05, 3.63) is 33.8 Å². The maximum Gasteiger partial charge on any atom is 0.0572 e. The van der Waals surface area contributed by atoms with E-state index in [0.29, 0.717) is 0 Å². The third kappa shape index (κ3) is 2.84. The molecule has 0 atom stereocenters. The van der Waals surface area contributed by atoms with Gasteiger partial charge in [0, 0.05) is 11.0 Å². The van der Waals surface area contributed by atoms with Crippen molar-refractivity contribution in [3.8, 4) is 0 Å². The van der Waals surface area contributed by atoms with Crippen molar-refractivity contribution in [2.24, 2.45) is 0 Å². The van der Waals surface area contributed by atoms with Gasteiger partial charge in [0.2, 0.25) is 0 Å². The van der Waals surface area contributed by atoms with Gasteiger partial charge < -0.3 is 4.84 Å². The molecule has 2 rings (SSSR count). The van der Waals surface area contributed by atoms with Gasteiger partial charge in [0.1, 0.15) is 0 Å². The van der Waals surface area contributed by atoms with Gasteiger partial charge in [0.05, 0.1) is 7.11 Å². The topological polar surface area (TPSA) is 21.3 Å². The quantitative estimate of drug-likeness (QED) is 0.850. The third-order valence-electron chi connectivity index (χ3n) is 3.28. The largest absolute Gasteiger partial charge is 0.305 e. The standard InChI is InChI=1S/C13H18BrNO/c1-16-15-9-10-6-7-12(13(14)8-10)11-4-2-3-5-11/h6-8,11,15H,2-5,9H2,1H3. The molecule has 0 aromatic heterocycles. The molecule has 1 N–H and O–H groups in total. The molecule has 1 saturated carbocycles. The summed E-state index contributed by atoms with van der Waals surface area (Å²) in [6.07, 6.45) is 5.44. The second kappa shape index (κ2) is 5.80. The van der Waals surface area contributed by atoms with Crippen LogP contribution < -0.4 is 5.48 Å². The highest BCUT2D eigenvalue weighted by molar-refractivity contribution is 9.10. The third-order valence-corrected chi connectivity index (χ3v) is 3.97. The Labute approximate surface area is 105 Å². The Morgan fingerprint density at radius 1 is 1.38 bits per heavy atom. The molecule has 1 aliphatic rings. The second-order valence-electron chi connectivity index (χ2n) is 4.36. The summed E-state index contributed by atoms with van der Waals surface area (Å²) in [5, 5.41) is 0. The lowest BCUT2D eigenvalue weighted by Crippen LogP contribution is -2.10. The first kappa shape index (κ1) is 12.1. The second-order valence-corrected chi connectivity index (χ2v) is 5.22. The molecule has 0 aliphatic heterocycles. The summed E-state index contributed by atoms with van der Waals surface area (Å²) in [7, 11) is 1.64. The van der Waals surface area contributed by atoms with E-state index in [1.165, 1.54) is 41.3 Å². The first-order valence-electron chi connectivity index (χ1n) is 5.85. The molecule has 0 unspecified atom stereocenters. The fourth-order valence-electron chi connectivity index (χ4n) is 2.40. The van der Waals surface area contributed by atoms with Gasteiger partial charge in [-0.2, -0.15) is 5.48 Å². The molecule has 0 heterocycles. The van der Waals surface area contributed by atoms with E-state index in [0.717, 1.165) is 12.5 Å². The maximum atomic E-state index is 4.85. The lowest BCUT2D eigenvalue weighted by molar-refractivity contribution is 0.0867. The predicted octanol–water partition coefficient (Wildman–Crippen LogP) is 3.76. The molecule has 0 amide bonds. The smallest absolute Gasteiger partial charge is 0.0572 e. The molecule has 1 fully saturated rings. The molecule has 1 aromatic carbocycles. The summed E-state index contributed by atoms with van der Waals surface area (Å²) in [6, 6.07) is 6.64. The highest BCUT2D eigenvalue weighted by atomic mass is 79.9. The minimum absolute atomic E-state index is 0.750. The van der Waals surface area contributed by atoms with Crippen molar-refractivity contribution < 1.29 is 4.84 Å². The highest BCUT2D eigenvalue weighted by Gasteiger charge is 2.19. The van der Waals surface area contributed by atoms with Crippen LogP contribution in [0.1, 0.15) is 42.7 Å². The molecule has 1 aromatic rings. The number of hydroxylamine groups is 1. The van der Waals surface area contributed by atoms with Crippen molar-refractivity contribution in [1.29, 1.82) is 0 Å². The van der Waals surface area contributed by atoms with Crippen LogP contribution in [0.25, 0.3) is 0 Å². The van der Waals surface area contributed by atoms with Gasteiger partial charge in [-0.05, 0) is 36.0 Å². The van der Waals surface area contributed by atoms with E-state index in [1.807, 2.05) is 0 Å². The Morgan fingerprint density at radius 2 is 2.12 bits per heavy atom. The van der Waals surface area contributed by atoms with Crippen LogP contribution in [0, 0.1) is 0 Å². The Kier molecular flexibility index (Phi) is 4.38. The van der Waals surface area contributed by atoms with E-state index in [1.54, 1.807) is 7.11 Å². The fraction of sp³-hybridized carbons (Fsp3) is 0.538. The van der Waals surface area contributed by atoms with E-state index in [-0.39, 0.29) is 0 Å². The molecule has 0 saturated heterocycles. The van der Waals surface area contributed by atoms with Crippen LogP contribution >= 0.6 is 15.9 Å². The SMILES string of the molecule is CONCc1ccc(C2CCCC2)c(Br)c1. The molecule has 2 nitrogen and oxygen atoms in total. The van der Waals surface area contributed by atoms with Crippen molar-refractivity contribution >= 4 is 15.9 Å². The van der Waals surface area contributed by atoms with Gasteiger partial charge in [0.25, 0.3) is 0 Å². The Bertz CT molecular complexity index is 348. The van der Waals surface area contributed by atoms with Crippen LogP contribution in [0.4, 0.5) is 0 Å². The normalized spacial score (nSPS) is 16.9. The summed E-state index contributed by atoms with van der Waals surface area (Å²) < 4.78 is 1.25. The molecular formula is C13H18BrNO. The molecule has 16 heavy (non-hydrogen) atoms. The number of hydrogen-bond donors (Lipinski definition) is 1. The van der Waals surface area contributed by atoms with Gasteiger partial charge in [-0.25, -0.2) is 0 Å². The van der Waals surface area contributed by atoms with Gasteiger partial charge >= 0.3 is 0 Å². The van der Waals surface area contributed by atoms with Crippen LogP contribution in [0.2, 0.25) is 0 Å². The number of benzene rings is 1. The van der Waals surface area contributed by atoms with Crippen molar-refractivity contribution in [2.45, 2.75) is 38.1 Å². The number of hydrogen-bond acceptors (Lipinski definition) is 2. The van der Waals surface area contributed by atoms with E-state index in [4.69, 9.17) is 4.84 Å². The summed E-state index contributed by atoms with van der Waals surface area (Å²) in [5.41, 5.74) is 5.58. The Morgan fingerprint density at radius 3 is 2.75 bits per heavy atom. The van der Waals surface area contributed by atoms with Gasteiger partial charge in [-0.3, -0.25) is 0 Å². The van der Waals surface area contributed by atoms with Crippen molar-refractivity contribution in [2.75, 3.05) is 7.11 Å². The van der Waals surface area contributed by atoms with E-state index in [9.17, 15) is 0 Å². The molecule has 88 valence electrons. The average molecular weight is 284 g/mol. The molecule has 3 heteroatoms. The molecule has 1 aliphatic carbocycles. The van der Waals surface area contributed by atoms with Crippen LogP contribution in [0.5, 0.6) is 0 Å². The Hall–Kier alpha value is -0.380. The van der Waals surface area contributed by atoms with Crippen molar-refractivity contribution in [1.82, 2.24) is 5.48 Å². The zero-order valence-electron chi connectivity index (χ0n) is 9.63. The number of nitrogens with one attached hydrogen (secondary N) is 1. The summed E-state index contributed by atoms with van der Waals surface area (Å²) >= 11 is 3.68. The summed E-state index contributed by atoms with van der Waals surface area (Å²) in [5.74, 6) is 0.763. The van der Waals surface area contributed by atoms with Crippen LogP contribution in [-0.2, 0) is 11.4 Å². The van der Waals surface area contributed by atoms with E-state index in [2.05, 4.69) is 39.6 Å². The molecule has 0 radical (unpaired) electrons. The first-order chi connectivity index (χ1) is 7.81. The van der Waals surface area contributed by atoms with E-state index < -0.39 is 0 Å².